The smallest absolute Gasteiger partial charge is 0.178 e. The minimum atomic E-state index is -0.230. The van der Waals surface area contributed by atoms with E-state index >= 15 is 0 Å². The summed E-state index contributed by atoms with van der Waals surface area (Å²) < 4.78 is 0. The van der Waals surface area contributed by atoms with Crippen LogP contribution in [0, 0.1) is 0 Å². The first-order chi connectivity index (χ1) is 10.5. The van der Waals surface area contributed by atoms with Crippen LogP contribution in [-0.2, 0) is 4.79 Å². The lowest BCUT2D eigenvalue weighted by Crippen LogP contribution is -1.87. The molecule has 0 aliphatic rings. The van der Waals surface area contributed by atoms with Crippen LogP contribution in [0.4, 0.5) is 0 Å². The van der Waals surface area contributed by atoms with E-state index in [1.165, 1.54) is 12.2 Å². The van der Waals surface area contributed by atoms with E-state index in [4.69, 9.17) is 46.4 Å². The Morgan fingerprint density at radius 3 is 1.32 bits per heavy atom. The van der Waals surface area contributed by atoms with Crippen molar-refractivity contribution in [3.05, 3.63) is 79.8 Å². The lowest BCUT2D eigenvalue weighted by atomic mass is 10.1. The highest BCUT2D eigenvalue weighted by Crippen LogP contribution is 2.26. The van der Waals surface area contributed by atoms with Crippen molar-refractivity contribution in [3.63, 3.8) is 0 Å². The van der Waals surface area contributed by atoms with Crippen LogP contribution >= 0.6 is 46.4 Å². The third-order valence-corrected chi connectivity index (χ3v) is 4.15. The van der Waals surface area contributed by atoms with Crippen molar-refractivity contribution in [1.82, 2.24) is 0 Å². The SMILES string of the molecule is O=C(/C=C/c1c(Cl)cccc1Cl)/C=C/c1c(Cl)cccc1Cl. The number of carbonyl (C=O) groups is 1. The van der Waals surface area contributed by atoms with E-state index in [2.05, 4.69) is 0 Å². The number of rotatable bonds is 4. The topological polar surface area (TPSA) is 17.1 Å². The summed E-state index contributed by atoms with van der Waals surface area (Å²) in [5.74, 6) is -0.230. The number of halogens is 4. The number of carbonyl (C=O) groups excluding carboxylic acids is 1. The van der Waals surface area contributed by atoms with Gasteiger partial charge in [0.1, 0.15) is 0 Å². The minimum Gasteiger partial charge on any atom is -0.290 e. The summed E-state index contributed by atoms with van der Waals surface area (Å²) in [6, 6.07) is 10.3. The van der Waals surface area contributed by atoms with Gasteiger partial charge < -0.3 is 0 Å². The van der Waals surface area contributed by atoms with Crippen LogP contribution in [0.5, 0.6) is 0 Å². The average Bonchev–Trinajstić information content (AvgIpc) is 2.46. The molecule has 0 atom stereocenters. The first kappa shape index (κ1) is 17.1. The summed E-state index contributed by atoms with van der Waals surface area (Å²) in [5, 5.41) is 1.92. The fourth-order valence-electron chi connectivity index (χ4n) is 1.73. The molecule has 1 nitrogen and oxygen atoms in total. The summed E-state index contributed by atoms with van der Waals surface area (Å²) in [6.07, 6.45) is 5.92. The zero-order valence-corrected chi connectivity index (χ0v) is 14.2. The standard InChI is InChI=1S/C17H10Cl4O/c18-14-3-1-4-15(19)12(14)9-7-11(22)8-10-13-16(20)5-2-6-17(13)21/h1-10H/b9-7+,10-8+. The third kappa shape index (κ3) is 4.37. The van der Waals surface area contributed by atoms with Crippen LogP contribution in [0.3, 0.4) is 0 Å². The van der Waals surface area contributed by atoms with E-state index in [0.717, 1.165) is 0 Å². The van der Waals surface area contributed by atoms with Gasteiger partial charge in [0.05, 0.1) is 0 Å². The largest absolute Gasteiger partial charge is 0.290 e. The van der Waals surface area contributed by atoms with E-state index in [9.17, 15) is 4.79 Å². The van der Waals surface area contributed by atoms with Crippen molar-refractivity contribution in [2.24, 2.45) is 0 Å². The fourth-order valence-corrected chi connectivity index (χ4v) is 2.77. The molecule has 0 fully saturated rings. The van der Waals surface area contributed by atoms with Crippen LogP contribution in [0.15, 0.2) is 48.6 Å². The lowest BCUT2D eigenvalue weighted by molar-refractivity contribution is -0.110. The predicted molar refractivity (Wildman–Crippen MR) is 96.0 cm³/mol. The van der Waals surface area contributed by atoms with Crippen LogP contribution in [0.2, 0.25) is 20.1 Å². The Morgan fingerprint density at radius 1 is 0.682 bits per heavy atom. The maximum Gasteiger partial charge on any atom is 0.178 e. The molecule has 0 N–H and O–H groups in total. The second kappa shape index (κ2) is 7.85. The Bertz CT molecular complexity index is 659. The molecule has 2 aromatic rings. The van der Waals surface area contributed by atoms with Crippen molar-refractivity contribution >= 4 is 64.3 Å². The molecular weight excluding hydrogens is 362 g/mol. The zero-order chi connectivity index (χ0) is 16.1. The molecule has 22 heavy (non-hydrogen) atoms. The van der Waals surface area contributed by atoms with Gasteiger partial charge in [0, 0.05) is 31.2 Å². The monoisotopic (exact) mass is 370 g/mol. The molecule has 0 aromatic heterocycles. The first-order valence-corrected chi connectivity index (χ1v) is 7.78. The lowest BCUT2D eigenvalue weighted by Gasteiger charge is -2.00. The molecule has 0 aliphatic carbocycles. The highest BCUT2D eigenvalue weighted by Gasteiger charge is 2.03. The van der Waals surface area contributed by atoms with Gasteiger partial charge in [0.25, 0.3) is 0 Å². The van der Waals surface area contributed by atoms with E-state index in [0.29, 0.717) is 31.2 Å². The molecule has 0 aliphatic heterocycles. The molecule has 2 aromatic carbocycles. The van der Waals surface area contributed by atoms with Crippen molar-refractivity contribution in [1.29, 1.82) is 0 Å². The summed E-state index contributed by atoms with van der Waals surface area (Å²) in [4.78, 5) is 11.9. The molecule has 0 amide bonds. The quantitative estimate of drug-likeness (QED) is 0.553. The molecule has 0 bridgehead atoms. The molecule has 5 heteroatoms. The summed E-state index contributed by atoms with van der Waals surface area (Å²) in [6.45, 7) is 0. The summed E-state index contributed by atoms with van der Waals surface area (Å²) in [7, 11) is 0. The third-order valence-electron chi connectivity index (χ3n) is 2.83. The first-order valence-electron chi connectivity index (χ1n) is 6.27. The highest BCUT2D eigenvalue weighted by molar-refractivity contribution is 6.38. The highest BCUT2D eigenvalue weighted by atomic mass is 35.5. The van der Waals surface area contributed by atoms with Gasteiger partial charge in [-0.3, -0.25) is 4.79 Å². The van der Waals surface area contributed by atoms with Crippen LogP contribution in [0.25, 0.3) is 12.2 Å². The van der Waals surface area contributed by atoms with Gasteiger partial charge in [-0.25, -0.2) is 0 Å². The van der Waals surface area contributed by atoms with Gasteiger partial charge >= 0.3 is 0 Å². The van der Waals surface area contributed by atoms with Gasteiger partial charge in [-0.2, -0.15) is 0 Å². The Balaban J connectivity index is 2.17. The minimum absolute atomic E-state index is 0.230. The van der Waals surface area contributed by atoms with Gasteiger partial charge in [-0.1, -0.05) is 58.5 Å². The van der Waals surface area contributed by atoms with Crippen molar-refractivity contribution in [2.75, 3.05) is 0 Å². The molecule has 0 heterocycles. The van der Waals surface area contributed by atoms with E-state index < -0.39 is 0 Å². The van der Waals surface area contributed by atoms with E-state index in [-0.39, 0.29) is 5.78 Å². The molecule has 0 saturated carbocycles. The summed E-state index contributed by atoms with van der Waals surface area (Å²) >= 11 is 24.1. The second-order valence-electron chi connectivity index (χ2n) is 4.34. The zero-order valence-electron chi connectivity index (χ0n) is 11.2. The average molecular weight is 372 g/mol. The molecule has 0 radical (unpaired) electrons. The van der Waals surface area contributed by atoms with Gasteiger partial charge in [-0.15, -0.1) is 0 Å². The van der Waals surface area contributed by atoms with Crippen molar-refractivity contribution < 1.29 is 4.79 Å². The Kier molecular flexibility index (Phi) is 6.10. The number of hydrogen-bond acceptors (Lipinski definition) is 1. The maximum atomic E-state index is 11.9. The number of hydrogen-bond donors (Lipinski definition) is 0. The van der Waals surface area contributed by atoms with Gasteiger partial charge in [-0.05, 0) is 48.6 Å². The maximum absolute atomic E-state index is 11.9. The number of ketones is 1. The normalized spacial score (nSPS) is 11.5. The van der Waals surface area contributed by atoms with Crippen molar-refractivity contribution in [2.45, 2.75) is 0 Å². The number of allylic oxidation sites excluding steroid dienone is 2. The molecule has 2 rings (SSSR count). The molecule has 112 valence electrons. The van der Waals surface area contributed by atoms with Crippen LogP contribution in [-0.4, -0.2) is 5.78 Å². The Labute approximate surface area is 148 Å². The van der Waals surface area contributed by atoms with Crippen molar-refractivity contribution in [3.8, 4) is 0 Å². The van der Waals surface area contributed by atoms with Gasteiger partial charge in [0.2, 0.25) is 0 Å². The molecule has 0 unspecified atom stereocenters. The second-order valence-corrected chi connectivity index (χ2v) is 5.97. The molecule has 0 saturated heterocycles. The Hall–Kier alpha value is -1.25. The molecule has 0 spiro atoms. The Morgan fingerprint density at radius 2 is 1.00 bits per heavy atom. The van der Waals surface area contributed by atoms with Crippen LogP contribution < -0.4 is 0 Å². The van der Waals surface area contributed by atoms with E-state index in [1.54, 1.807) is 48.6 Å². The summed E-state index contributed by atoms with van der Waals surface area (Å²) in [5.41, 5.74) is 1.20. The van der Waals surface area contributed by atoms with Gasteiger partial charge in [0.15, 0.2) is 5.78 Å². The number of benzene rings is 2. The van der Waals surface area contributed by atoms with Crippen LogP contribution in [0.1, 0.15) is 11.1 Å². The fraction of sp³-hybridized carbons (Fsp3) is 0. The predicted octanol–water partition coefficient (Wildman–Crippen LogP) is 6.60. The van der Waals surface area contributed by atoms with E-state index in [1.807, 2.05) is 0 Å². The molecular formula is C17H10Cl4O.